The summed E-state index contributed by atoms with van der Waals surface area (Å²) in [4.78, 5) is 1.31. The van der Waals surface area contributed by atoms with Gasteiger partial charge in [0.2, 0.25) is 0 Å². The average molecular weight is 664 g/mol. The lowest BCUT2D eigenvalue weighted by molar-refractivity contribution is 0.443. The predicted molar refractivity (Wildman–Crippen MR) is 210 cm³/mol. The fourth-order valence-corrected chi connectivity index (χ4v) is 9.51. The minimum Gasteiger partial charge on any atom is -0.368 e. The molecular weight excluding hydrogens is 627 g/mol. The highest BCUT2D eigenvalue weighted by Gasteiger charge is 2.36. The molecule has 4 heteroatoms. The molecule has 0 saturated heterocycles. The third kappa shape index (κ3) is 4.70. The number of thioether (sulfide) groups is 1. The van der Waals surface area contributed by atoms with E-state index in [0.29, 0.717) is 0 Å². The number of fused-ring (bicyclic) bond motifs is 8. The molecule has 3 aliphatic rings. The van der Waals surface area contributed by atoms with Gasteiger partial charge in [0.25, 0.3) is 0 Å². The molecule has 50 heavy (non-hydrogen) atoms. The zero-order valence-electron chi connectivity index (χ0n) is 28.1. The SMILES string of the molecule is CC1(C)c2ccccc2-c2ccc(C3Nc4c(ccc5ccc6cc(C7NC(c8ccccc8)=CC(c8ccccc8)N7)ccc6c45)S3)cc21. The van der Waals surface area contributed by atoms with E-state index in [1.165, 1.54) is 76.6 Å². The Balaban J connectivity index is 1.00. The lowest BCUT2D eigenvalue weighted by atomic mass is 9.82. The highest BCUT2D eigenvalue weighted by Crippen LogP contribution is 2.54. The third-order valence-corrected chi connectivity index (χ3v) is 12.2. The van der Waals surface area contributed by atoms with Crippen LogP contribution in [0.2, 0.25) is 0 Å². The number of benzene rings is 7. The summed E-state index contributed by atoms with van der Waals surface area (Å²) in [5.41, 5.74) is 12.9. The molecule has 2 aliphatic heterocycles. The summed E-state index contributed by atoms with van der Waals surface area (Å²) in [6.45, 7) is 4.72. The molecule has 3 atom stereocenters. The second-order valence-corrected chi connectivity index (χ2v) is 15.4. The van der Waals surface area contributed by atoms with Gasteiger partial charge in [0, 0.05) is 21.4 Å². The fraction of sp³-hybridized carbons (Fsp3) is 0.130. The number of hydrogen-bond acceptors (Lipinski definition) is 4. The summed E-state index contributed by atoms with van der Waals surface area (Å²) in [6, 6.07) is 53.5. The molecule has 7 aromatic carbocycles. The normalized spacial score (nSPS) is 20.0. The molecule has 3 unspecified atom stereocenters. The molecule has 242 valence electrons. The minimum atomic E-state index is -0.0461. The maximum absolute atomic E-state index is 3.98. The van der Waals surface area contributed by atoms with Gasteiger partial charge < -0.3 is 10.6 Å². The summed E-state index contributed by atoms with van der Waals surface area (Å²) in [5, 5.41) is 16.9. The van der Waals surface area contributed by atoms with Crippen LogP contribution in [-0.2, 0) is 5.41 Å². The Morgan fingerprint density at radius 2 is 1.30 bits per heavy atom. The Hall–Kier alpha value is -5.29. The molecule has 0 amide bonds. The van der Waals surface area contributed by atoms with Crippen molar-refractivity contribution in [2.45, 2.75) is 41.7 Å². The molecule has 0 fully saturated rings. The minimum absolute atomic E-state index is 0.0144. The Kier molecular flexibility index (Phi) is 6.74. The summed E-state index contributed by atoms with van der Waals surface area (Å²) < 4.78 is 0. The molecule has 0 spiro atoms. The fourth-order valence-electron chi connectivity index (χ4n) is 8.37. The van der Waals surface area contributed by atoms with Crippen molar-refractivity contribution >= 4 is 44.7 Å². The molecule has 0 radical (unpaired) electrons. The van der Waals surface area contributed by atoms with Gasteiger partial charge in [-0.05, 0) is 78.9 Å². The van der Waals surface area contributed by atoms with Crippen LogP contribution in [0.15, 0.2) is 157 Å². The van der Waals surface area contributed by atoms with E-state index in [4.69, 9.17) is 0 Å². The monoisotopic (exact) mass is 663 g/mol. The Labute approximate surface area is 297 Å². The van der Waals surface area contributed by atoms with Crippen molar-refractivity contribution in [2.24, 2.45) is 0 Å². The molecule has 0 saturated carbocycles. The molecule has 0 bridgehead atoms. The van der Waals surface area contributed by atoms with Gasteiger partial charge in [-0.1, -0.05) is 159 Å². The summed E-state index contributed by atoms with van der Waals surface area (Å²) in [7, 11) is 0. The van der Waals surface area contributed by atoms with E-state index >= 15 is 0 Å². The van der Waals surface area contributed by atoms with Crippen molar-refractivity contribution in [2.75, 3.05) is 5.32 Å². The lowest BCUT2D eigenvalue weighted by Crippen LogP contribution is -2.39. The van der Waals surface area contributed by atoms with Crippen molar-refractivity contribution in [1.29, 1.82) is 0 Å². The van der Waals surface area contributed by atoms with E-state index in [1.807, 2.05) is 11.8 Å². The van der Waals surface area contributed by atoms with E-state index in [-0.39, 0.29) is 23.0 Å². The van der Waals surface area contributed by atoms with Crippen molar-refractivity contribution in [3.8, 4) is 11.1 Å². The van der Waals surface area contributed by atoms with E-state index in [1.54, 1.807) is 0 Å². The smallest absolute Gasteiger partial charge is 0.104 e. The van der Waals surface area contributed by atoms with Crippen LogP contribution in [0, 0.1) is 0 Å². The van der Waals surface area contributed by atoms with Gasteiger partial charge in [-0.15, -0.1) is 0 Å². The maximum atomic E-state index is 3.98. The van der Waals surface area contributed by atoms with Crippen LogP contribution in [0.4, 0.5) is 5.69 Å². The van der Waals surface area contributed by atoms with Crippen molar-refractivity contribution < 1.29 is 0 Å². The van der Waals surface area contributed by atoms with Gasteiger partial charge in [0.15, 0.2) is 0 Å². The first-order chi connectivity index (χ1) is 24.5. The van der Waals surface area contributed by atoms with E-state index in [0.717, 1.165) is 5.70 Å². The molecule has 3 nitrogen and oxygen atoms in total. The zero-order chi connectivity index (χ0) is 33.4. The molecule has 1 aliphatic carbocycles. The van der Waals surface area contributed by atoms with Gasteiger partial charge in [0.1, 0.15) is 11.5 Å². The second-order valence-electron chi connectivity index (χ2n) is 14.3. The second kappa shape index (κ2) is 11.4. The summed E-state index contributed by atoms with van der Waals surface area (Å²) >= 11 is 1.93. The zero-order valence-corrected chi connectivity index (χ0v) is 28.9. The molecule has 10 rings (SSSR count). The number of rotatable bonds is 4. The summed E-state index contributed by atoms with van der Waals surface area (Å²) in [6.07, 6.45) is 2.26. The van der Waals surface area contributed by atoms with E-state index in [9.17, 15) is 0 Å². The first kappa shape index (κ1) is 29.6. The van der Waals surface area contributed by atoms with Crippen LogP contribution in [0.5, 0.6) is 0 Å². The Morgan fingerprint density at radius 3 is 2.16 bits per heavy atom. The number of anilines is 1. The number of hydrogen-bond donors (Lipinski definition) is 3. The van der Waals surface area contributed by atoms with Crippen LogP contribution in [0.1, 0.15) is 64.8 Å². The quantitative estimate of drug-likeness (QED) is 0.164. The van der Waals surface area contributed by atoms with Gasteiger partial charge in [-0.25, -0.2) is 0 Å². The van der Waals surface area contributed by atoms with Gasteiger partial charge in [0.05, 0.1) is 11.7 Å². The standard InChI is InChI=1S/C46H37N3S/c1-46(2)37-16-10-9-15-35(37)36-23-20-33(26-38(36)46)45-49-43-41(50-45)24-21-30-17-18-31-25-32(19-22-34(31)42(30)43)44-47-39(28-11-5-3-6-12-28)27-40(48-44)29-13-7-4-8-14-29/h3-27,39,44-45,47-49H,1-2H3. The topological polar surface area (TPSA) is 36.1 Å². The molecule has 7 aromatic rings. The van der Waals surface area contributed by atoms with Gasteiger partial charge in [-0.3, -0.25) is 5.32 Å². The van der Waals surface area contributed by atoms with Gasteiger partial charge in [-0.2, -0.15) is 0 Å². The van der Waals surface area contributed by atoms with Gasteiger partial charge >= 0.3 is 0 Å². The van der Waals surface area contributed by atoms with Crippen molar-refractivity contribution in [3.63, 3.8) is 0 Å². The predicted octanol–water partition coefficient (Wildman–Crippen LogP) is 11.5. The van der Waals surface area contributed by atoms with Crippen LogP contribution in [0.3, 0.4) is 0 Å². The van der Waals surface area contributed by atoms with Crippen LogP contribution < -0.4 is 16.0 Å². The van der Waals surface area contributed by atoms with Crippen molar-refractivity contribution in [3.05, 3.63) is 185 Å². The van der Waals surface area contributed by atoms with Crippen LogP contribution in [0.25, 0.3) is 38.4 Å². The molecule has 3 N–H and O–H groups in total. The highest BCUT2D eigenvalue weighted by molar-refractivity contribution is 8.00. The van der Waals surface area contributed by atoms with Crippen LogP contribution in [-0.4, -0.2) is 0 Å². The maximum Gasteiger partial charge on any atom is 0.104 e. The molecular formula is C46H37N3S. The summed E-state index contributed by atoms with van der Waals surface area (Å²) in [5.74, 6) is 0. The first-order valence-corrected chi connectivity index (χ1v) is 18.4. The van der Waals surface area contributed by atoms with E-state index < -0.39 is 0 Å². The third-order valence-electron chi connectivity index (χ3n) is 11.0. The largest absolute Gasteiger partial charge is 0.368 e. The number of nitrogens with one attached hydrogen (secondary N) is 3. The average Bonchev–Trinajstić information content (AvgIpc) is 3.71. The molecule has 0 aromatic heterocycles. The molecule has 2 heterocycles. The van der Waals surface area contributed by atoms with Crippen LogP contribution >= 0.6 is 11.8 Å². The first-order valence-electron chi connectivity index (χ1n) is 17.5. The highest BCUT2D eigenvalue weighted by atomic mass is 32.2. The Morgan fingerprint density at radius 1 is 0.580 bits per heavy atom. The lowest BCUT2D eigenvalue weighted by Gasteiger charge is -2.33. The van der Waals surface area contributed by atoms with E-state index in [2.05, 4.69) is 181 Å². The Bertz CT molecular complexity index is 2480. The van der Waals surface area contributed by atoms with Crippen molar-refractivity contribution in [1.82, 2.24) is 10.6 Å².